The SMILES string of the molecule is CCC(CC)c1ccc(-c2cccc(C)c2-c2ccc(C(CC)CC)cc2)cc1. The van der Waals surface area contributed by atoms with Gasteiger partial charge in [-0.2, -0.15) is 0 Å². The van der Waals surface area contributed by atoms with E-state index in [1.807, 2.05) is 0 Å². The van der Waals surface area contributed by atoms with Crippen LogP contribution in [0.15, 0.2) is 66.7 Å². The van der Waals surface area contributed by atoms with Gasteiger partial charge in [-0.1, -0.05) is 94.4 Å². The Kier molecular flexibility index (Phi) is 7.31. The van der Waals surface area contributed by atoms with E-state index in [0.29, 0.717) is 11.8 Å². The van der Waals surface area contributed by atoms with Gasteiger partial charge in [-0.25, -0.2) is 0 Å². The van der Waals surface area contributed by atoms with Crippen LogP contribution in [-0.2, 0) is 0 Å². The van der Waals surface area contributed by atoms with Crippen LogP contribution in [0.5, 0.6) is 0 Å². The lowest BCUT2D eigenvalue weighted by atomic mass is 9.87. The first-order chi connectivity index (χ1) is 14.1. The maximum Gasteiger partial charge on any atom is -0.00761 e. The normalized spacial score (nSPS) is 11.4. The van der Waals surface area contributed by atoms with Crippen molar-refractivity contribution in [3.8, 4) is 22.3 Å². The molecule has 3 rings (SSSR count). The second-order valence-electron chi connectivity index (χ2n) is 8.27. The molecule has 0 aliphatic carbocycles. The largest absolute Gasteiger partial charge is 0.0648 e. The van der Waals surface area contributed by atoms with Crippen molar-refractivity contribution in [1.29, 1.82) is 0 Å². The predicted molar refractivity (Wildman–Crippen MR) is 129 cm³/mol. The van der Waals surface area contributed by atoms with Gasteiger partial charge < -0.3 is 0 Å². The molecule has 29 heavy (non-hydrogen) atoms. The molecule has 0 aliphatic heterocycles. The van der Waals surface area contributed by atoms with E-state index in [0.717, 1.165) is 0 Å². The van der Waals surface area contributed by atoms with Crippen LogP contribution in [0.1, 0.15) is 81.9 Å². The van der Waals surface area contributed by atoms with Crippen LogP contribution in [0, 0.1) is 6.92 Å². The smallest absolute Gasteiger partial charge is 0.00761 e. The highest BCUT2D eigenvalue weighted by molar-refractivity contribution is 5.85. The van der Waals surface area contributed by atoms with Crippen molar-refractivity contribution < 1.29 is 0 Å². The van der Waals surface area contributed by atoms with Gasteiger partial charge in [-0.15, -0.1) is 0 Å². The van der Waals surface area contributed by atoms with Gasteiger partial charge in [0.05, 0.1) is 0 Å². The molecule has 3 aromatic carbocycles. The van der Waals surface area contributed by atoms with Crippen LogP contribution in [0.25, 0.3) is 22.3 Å². The van der Waals surface area contributed by atoms with Crippen molar-refractivity contribution in [2.24, 2.45) is 0 Å². The average molecular weight is 385 g/mol. The lowest BCUT2D eigenvalue weighted by molar-refractivity contribution is 0.642. The third kappa shape index (κ3) is 4.64. The number of benzene rings is 3. The van der Waals surface area contributed by atoms with Crippen LogP contribution in [0.3, 0.4) is 0 Å². The first-order valence-electron chi connectivity index (χ1n) is 11.4. The molecule has 0 unspecified atom stereocenters. The fraction of sp³-hybridized carbons (Fsp3) is 0.379. The fourth-order valence-corrected chi connectivity index (χ4v) is 4.67. The number of aryl methyl sites for hydroxylation is 1. The zero-order valence-corrected chi connectivity index (χ0v) is 18.8. The molecule has 152 valence electrons. The molecule has 0 fully saturated rings. The second kappa shape index (κ2) is 9.92. The fourth-order valence-electron chi connectivity index (χ4n) is 4.67. The average Bonchev–Trinajstić information content (AvgIpc) is 2.76. The molecule has 0 spiro atoms. The highest BCUT2D eigenvalue weighted by Gasteiger charge is 2.13. The third-order valence-electron chi connectivity index (χ3n) is 6.61. The summed E-state index contributed by atoms with van der Waals surface area (Å²) in [7, 11) is 0. The molecular weight excluding hydrogens is 348 g/mol. The Morgan fingerprint density at radius 1 is 0.552 bits per heavy atom. The summed E-state index contributed by atoms with van der Waals surface area (Å²) in [6.45, 7) is 11.4. The van der Waals surface area contributed by atoms with Crippen LogP contribution in [0.4, 0.5) is 0 Å². The maximum absolute atomic E-state index is 2.33. The third-order valence-corrected chi connectivity index (χ3v) is 6.61. The van der Waals surface area contributed by atoms with Gasteiger partial charge in [-0.05, 0) is 83.4 Å². The molecule has 0 aromatic heterocycles. The summed E-state index contributed by atoms with van der Waals surface area (Å²) in [5, 5.41) is 0. The lowest BCUT2D eigenvalue weighted by Gasteiger charge is -2.17. The van der Waals surface area contributed by atoms with E-state index < -0.39 is 0 Å². The van der Waals surface area contributed by atoms with Crippen molar-refractivity contribution >= 4 is 0 Å². The molecule has 0 saturated carbocycles. The van der Waals surface area contributed by atoms with Crippen molar-refractivity contribution in [2.45, 2.75) is 72.1 Å². The Morgan fingerprint density at radius 3 is 1.45 bits per heavy atom. The van der Waals surface area contributed by atoms with Gasteiger partial charge in [0, 0.05) is 0 Å². The minimum absolute atomic E-state index is 0.665. The summed E-state index contributed by atoms with van der Waals surface area (Å²) < 4.78 is 0. The molecule has 3 aromatic rings. The molecule has 0 radical (unpaired) electrons. The molecule has 0 heteroatoms. The van der Waals surface area contributed by atoms with E-state index in [4.69, 9.17) is 0 Å². The highest BCUT2D eigenvalue weighted by Crippen LogP contribution is 2.36. The maximum atomic E-state index is 2.33. The zero-order valence-electron chi connectivity index (χ0n) is 18.8. The Hall–Kier alpha value is -2.34. The molecule has 0 nitrogen and oxygen atoms in total. The topological polar surface area (TPSA) is 0 Å². The van der Waals surface area contributed by atoms with Crippen molar-refractivity contribution in [2.75, 3.05) is 0 Å². The summed E-state index contributed by atoms with van der Waals surface area (Å²) in [6, 6.07) is 25.3. The first kappa shape index (κ1) is 21.4. The molecule has 0 N–H and O–H groups in total. The standard InChI is InChI=1S/C29H36/c1-6-22(7-2)24-13-17-26(18-14-24)28-12-10-11-21(5)29(28)27-19-15-25(16-20-27)23(8-3)9-4/h10-20,22-23H,6-9H2,1-5H3. The molecule has 0 saturated heterocycles. The number of hydrogen-bond acceptors (Lipinski definition) is 0. The van der Waals surface area contributed by atoms with E-state index >= 15 is 0 Å². The first-order valence-corrected chi connectivity index (χ1v) is 11.4. The monoisotopic (exact) mass is 384 g/mol. The van der Waals surface area contributed by atoms with E-state index in [1.54, 1.807) is 0 Å². The van der Waals surface area contributed by atoms with Crippen LogP contribution in [-0.4, -0.2) is 0 Å². The molecule has 0 aliphatic rings. The minimum Gasteiger partial charge on any atom is -0.0648 e. The summed E-state index contributed by atoms with van der Waals surface area (Å²) in [6.07, 6.45) is 4.81. The van der Waals surface area contributed by atoms with Crippen molar-refractivity contribution in [3.05, 3.63) is 83.4 Å². The van der Waals surface area contributed by atoms with Crippen LogP contribution < -0.4 is 0 Å². The van der Waals surface area contributed by atoms with Gasteiger partial charge in [0.15, 0.2) is 0 Å². The van der Waals surface area contributed by atoms with E-state index in [9.17, 15) is 0 Å². The summed E-state index contributed by atoms with van der Waals surface area (Å²) >= 11 is 0. The van der Waals surface area contributed by atoms with Crippen LogP contribution >= 0.6 is 0 Å². The van der Waals surface area contributed by atoms with Gasteiger partial charge >= 0.3 is 0 Å². The van der Waals surface area contributed by atoms with Gasteiger partial charge in [0.1, 0.15) is 0 Å². The van der Waals surface area contributed by atoms with E-state index in [-0.39, 0.29) is 0 Å². The Morgan fingerprint density at radius 2 is 1.00 bits per heavy atom. The van der Waals surface area contributed by atoms with E-state index in [2.05, 4.69) is 101 Å². The highest BCUT2D eigenvalue weighted by atomic mass is 14.2. The lowest BCUT2D eigenvalue weighted by Crippen LogP contribution is -1.96. The summed E-state index contributed by atoms with van der Waals surface area (Å²) in [5.74, 6) is 1.33. The summed E-state index contributed by atoms with van der Waals surface area (Å²) in [4.78, 5) is 0. The van der Waals surface area contributed by atoms with Gasteiger partial charge in [-0.3, -0.25) is 0 Å². The second-order valence-corrected chi connectivity index (χ2v) is 8.27. The quantitative estimate of drug-likeness (QED) is 0.363. The Balaban J connectivity index is 2.00. The number of rotatable bonds is 8. The molecular formula is C29H36. The molecule has 0 heterocycles. The molecule has 0 atom stereocenters. The van der Waals surface area contributed by atoms with E-state index in [1.165, 1.54) is 64.6 Å². The Bertz CT molecular complexity index is 892. The summed E-state index contributed by atoms with van der Waals surface area (Å²) in [5.41, 5.74) is 9.57. The predicted octanol–water partition coefficient (Wildman–Crippen LogP) is 9.14. The number of hydrogen-bond donors (Lipinski definition) is 0. The zero-order chi connectivity index (χ0) is 20.8. The molecule has 0 bridgehead atoms. The van der Waals surface area contributed by atoms with Crippen molar-refractivity contribution in [3.63, 3.8) is 0 Å². The van der Waals surface area contributed by atoms with Crippen LogP contribution in [0.2, 0.25) is 0 Å². The minimum atomic E-state index is 0.665. The van der Waals surface area contributed by atoms with Crippen molar-refractivity contribution in [1.82, 2.24) is 0 Å². The van der Waals surface area contributed by atoms with Gasteiger partial charge in [0.25, 0.3) is 0 Å². The molecule has 0 amide bonds. The Labute approximate surface area is 178 Å². The van der Waals surface area contributed by atoms with Gasteiger partial charge in [0.2, 0.25) is 0 Å².